The predicted octanol–water partition coefficient (Wildman–Crippen LogP) is 1.24. The molecule has 102 valence electrons. The molecule has 0 spiro atoms. The minimum Gasteiger partial charge on any atom is -0.465 e. The van der Waals surface area contributed by atoms with E-state index in [0.29, 0.717) is 19.4 Å². The van der Waals surface area contributed by atoms with E-state index in [4.69, 9.17) is 14.6 Å². The van der Waals surface area contributed by atoms with Crippen LogP contribution >= 0.6 is 0 Å². The fourth-order valence-corrected chi connectivity index (χ4v) is 2.96. The van der Waals surface area contributed by atoms with Crippen molar-refractivity contribution in [1.29, 1.82) is 0 Å². The first-order valence-corrected chi connectivity index (χ1v) is 6.40. The average Bonchev–Trinajstić information content (AvgIpc) is 2.59. The van der Waals surface area contributed by atoms with Gasteiger partial charge in [0.25, 0.3) is 0 Å². The quantitative estimate of drug-likeness (QED) is 0.767. The van der Waals surface area contributed by atoms with Gasteiger partial charge in [-0.2, -0.15) is 0 Å². The van der Waals surface area contributed by atoms with Gasteiger partial charge in [0.2, 0.25) is 0 Å². The predicted molar refractivity (Wildman–Crippen MR) is 62.3 cm³/mol. The van der Waals surface area contributed by atoms with Crippen molar-refractivity contribution < 1.29 is 24.2 Å². The van der Waals surface area contributed by atoms with Crippen LogP contribution < -0.4 is 0 Å². The number of nitrogens with zero attached hydrogens (tertiary/aromatic N) is 1. The van der Waals surface area contributed by atoms with Crippen LogP contribution in [0.15, 0.2) is 0 Å². The lowest BCUT2D eigenvalue weighted by atomic mass is 10.0. The maximum atomic E-state index is 11.2. The third kappa shape index (κ3) is 2.75. The van der Waals surface area contributed by atoms with Gasteiger partial charge in [-0.1, -0.05) is 0 Å². The zero-order valence-electron chi connectivity index (χ0n) is 10.5. The van der Waals surface area contributed by atoms with Crippen molar-refractivity contribution in [1.82, 2.24) is 4.90 Å². The molecular formula is C12H19NO5. The summed E-state index contributed by atoms with van der Waals surface area (Å²) in [6.07, 6.45) is 2.30. The van der Waals surface area contributed by atoms with E-state index in [1.165, 1.54) is 0 Å². The lowest BCUT2D eigenvalue weighted by Gasteiger charge is -2.36. The first-order valence-electron chi connectivity index (χ1n) is 6.40. The Kier molecular flexibility index (Phi) is 4.06. The van der Waals surface area contributed by atoms with Crippen LogP contribution in [0.2, 0.25) is 0 Å². The monoisotopic (exact) mass is 257 g/mol. The zero-order chi connectivity index (χ0) is 13.1. The Morgan fingerprint density at radius 2 is 1.89 bits per heavy atom. The number of piperidine rings is 1. The molecule has 2 aliphatic heterocycles. The summed E-state index contributed by atoms with van der Waals surface area (Å²) in [5.74, 6) is -0.356. The van der Waals surface area contributed by atoms with E-state index in [0.717, 1.165) is 12.8 Å². The standard InChI is InChI=1S/C12H19NO5/c1-2-17-11(14)7-18-10-5-8-3-4-9(6-10)13(8)12(15)16/h8-10H,2-7H2,1H3,(H,15,16)/t8-,9+,10?. The molecule has 6 nitrogen and oxygen atoms in total. The average molecular weight is 257 g/mol. The fraction of sp³-hybridized carbons (Fsp3) is 0.833. The van der Waals surface area contributed by atoms with Crippen molar-refractivity contribution in [2.45, 2.75) is 50.8 Å². The Morgan fingerprint density at radius 1 is 1.28 bits per heavy atom. The van der Waals surface area contributed by atoms with E-state index in [1.807, 2.05) is 0 Å². The second kappa shape index (κ2) is 5.56. The summed E-state index contributed by atoms with van der Waals surface area (Å²) in [6.45, 7) is 2.07. The summed E-state index contributed by atoms with van der Waals surface area (Å²) in [6, 6.07) is 0.0990. The molecule has 2 fully saturated rings. The number of hydrogen-bond acceptors (Lipinski definition) is 4. The van der Waals surface area contributed by atoms with Gasteiger partial charge >= 0.3 is 12.1 Å². The zero-order valence-corrected chi connectivity index (χ0v) is 10.5. The number of carbonyl (C=O) groups is 2. The number of hydrogen-bond donors (Lipinski definition) is 1. The van der Waals surface area contributed by atoms with Crippen LogP contribution in [0.5, 0.6) is 0 Å². The smallest absolute Gasteiger partial charge is 0.407 e. The van der Waals surface area contributed by atoms with Crippen molar-refractivity contribution in [3.8, 4) is 0 Å². The van der Waals surface area contributed by atoms with Gasteiger partial charge in [0, 0.05) is 12.1 Å². The van der Waals surface area contributed by atoms with Gasteiger partial charge in [-0.3, -0.25) is 0 Å². The minimum absolute atomic E-state index is 0.0255. The SMILES string of the molecule is CCOC(=O)COC1C[C@H]2CC[C@@H](C1)N2C(=O)O. The molecule has 3 atom stereocenters. The Morgan fingerprint density at radius 3 is 2.39 bits per heavy atom. The molecule has 2 heterocycles. The second-order valence-electron chi connectivity index (χ2n) is 4.78. The summed E-state index contributed by atoms with van der Waals surface area (Å²) < 4.78 is 10.3. The molecule has 1 amide bonds. The Balaban J connectivity index is 1.82. The molecule has 0 aromatic carbocycles. The molecule has 2 bridgehead atoms. The fourth-order valence-electron chi connectivity index (χ4n) is 2.96. The molecule has 1 unspecified atom stereocenters. The topological polar surface area (TPSA) is 76.1 Å². The number of rotatable bonds is 4. The Hall–Kier alpha value is -1.30. The van der Waals surface area contributed by atoms with Gasteiger partial charge in [-0.05, 0) is 32.6 Å². The van der Waals surface area contributed by atoms with Gasteiger partial charge in [0.05, 0.1) is 12.7 Å². The molecule has 0 radical (unpaired) electrons. The molecule has 1 N–H and O–H groups in total. The molecule has 0 aliphatic carbocycles. The molecule has 6 heteroatoms. The van der Waals surface area contributed by atoms with Crippen LogP contribution in [0.1, 0.15) is 32.6 Å². The molecular weight excluding hydrogens is 238 g/mol. The first kappa shape index (κ1) is 13.1. The molecule has 0 aromatic heterocycles. The highest BCUT2D eigenvalue weighted by molar-refractivity contribution is 5.70. The number of esters is 1. The minimum atomic E-state index is -0.841. The molecule has 18 heavy (non-hydrogen) atoms. The highest BCUT2D eigenvalue weighted by Crippen LogP contribution is 2.36. The van der Waals surface area contributed by atoms with E-state index in [1.54, 1.807) is 11.8 Å². The van der Waals surface area contributed by atoms with Crippen LogP contribution in [0.4, 0.5) is 4.79 Å². The molecule has 2 rings (SSSR count). The van der Waals surface area contributed by atoms with Crippen LogP contribution in [0.25, 0.3) is 0 Å². The molecule has 2 saturated heterocycles. The number of carboxylic acid groups (broad SMARTS) is 1. The van der Waals surface area contributed by atoms with E-state index in [-0.39, 0.29) is 30.8 Å². The highest BCUT2D eigenvalue weighted by Gasteiger charge is 2.43. The van der Waals surface area contributed by atoms with Gasteiger partial charge in [-0.25, -0.2) is 9.59 Å². The Labute approximate surface area is 106 Å². The van der Waals surface area contributed by atoms with Crippen molar-refractivity contribution in [2.24, 2.45) is 0 Å². The maximum Gasteiger partial charge on any atom is 0.407 e. The summed E-state index contributed by atoms with van der Waals surface area (Å²) in [4.78, 5) is 23.8. The third-order valence-electron chi connectivity index (χ3n) is 3.65. The summed E-state index contributed by atoms with van der Waals surface area (Å²) in [7, 11) is 0. The first-order chi connectivity index (χ1) is 8.61. The normalized spacial score (nSPS) is 30.3. The molecule has 0 aromatic rings. The van der Waals surface area contributed by atoms with Gasteiger partial charge in [-0.15, -0.1) is 0 Å². The van der Waals surface area contributed by atoms with E-state index < -0.39 is 6.09 Å². The van der Waals surface area contributed by atoms with Crippen LogP contribution in [-0.4, -0.2) is 53.5 Å². The largest absolute Gasteiger partial charge is 0.465 e. The molecule has 0 saturated carbocycles. The Bertz CT molecular complexity index is 318. The number of ether oxygens (including phenoxy) is 2. The van der Waals surface area contributed by atoms with Crippen molar-refractivity contribution in [2.75, 3.05) is 13.2 Å². The number of fused-ring (bicyclic) bond motifs is 2. The van der Waals surface area contributed by atoms with Crippen LogP contribution in [0.3, 0.4) is 0 Å². The molecule has 2 aliphatic rings. The van der Waals surface area contributed by atoms with Crippen molar-refractivity contribution in [3.63, 3.8) is 0 Å². The van der Waals surface area contributed by atoms with Gasteiger partial charge in [0.1, 0.15) is 6.61 Å². The van der Waals surface area contributed by atoms with Crippen LogP contribution in [-0.2, 0) is 14.3 Å². The summed E-state index contributed by atoms with van der Waals surface area (Å²) in [5.41, 5.74) is 0. The van der Waals surface area contributed by atoms with Crippen LogP contribution in [0, 0.1) is 0 Å². The number of amides is 1. The second-order valence-corrected chi connectivity index (χ2v) is 4.78. The van der Waals surface area contributed by atoms with Crippen molar-refractivity contribution >= 4 is 12.1 Å². The van der Waals surface area contributed by atoms with Crippen molar-refractivity contribution in [3.05, 3.63) is 0 Å². The maximum absolute atomic E-state index is 11.2. The van der Waals surface area contributed by atoms with Gasteiger partial charge in [0.15, 0.2) is 0 Å². The van der Waals surface area contributed by atoms with E-state index in [2.05, 4.69) is 0 Å². The summed E-state index contributed by atoms with van der Waals surface area (Å²) in [5, 5.41) is 9.10. The highest BCUT2D eigenvalue weighted by atomic mass is 16.6. The van der Waals surface area contributed by atoms with Gasteiger partial charge < -0.3 is 19.5 Å². The van der Waals surface area contributed by atoms with E-state index in [9.17, 15) is 9.59 Å². The lowest BCUT2D eigenvalue weighted by molar-refractivity contribution is -0.152. The third-order valence-corrected chi connectivity index (χ3v) is 3.65. The summed E-state index contributed by atoms with van der Waals surface area (Å²) >= 11 is 0. The van der Waals surface area contributed by atoms with E-state index >= 15 is 0 Å². The number of carbonyl (C=O) groups excluding carboxylic acids is 1. The lowest BCUT2D eigenvalue weighted by Crippen LogP contribution is -2.48.